The van der Waals surface area contributed by atoms with Crippen LogP contribution in [-0.4, -0.2) is 41.2 Å². The second-order valence-corrected chi connectivity index (χ2v) is 5.80. The molecule has 1 aromatic carbocycles. The van der Waals surface area contributed by atoms with Crippen LogP contribution < -0.4 is 4.74 Å². The highest BCUT2D eigenvalue weighted by Gasteiger charge is 2.29. The third-order valence-electron chi connectivity index (χ3n) is 4.11. The van der Waals surface area contributed by atoms with Crippen LogP contribution in [0.25, 0.3) is 0 Å². The molecule has 3 unspecified atom stereocenters. The van der Waals surface area contributed by atoms with Gasteiger partial charge < -0.3 is 14.7 Å². The summed E-state index contributed by atoms with van der Waals surface area (Å²) in [5.74, 6) is 0.448. The van der Waals surface area contributed by atoms with Crippen LogP contribution in [0.2, 0.25) is 0 Å². The molecule has 118 valence electrons. The molecule has 0 spiro atoms. The van der Waals surface area contributed by atoms with Gasteiger partial charge in [0.1, 0.15) is 11.8 Å². The van der Waals surface area contributed by atoms with Crippen molar-refractivity contribution in [3.8, 4) is 11.8 Å². The summed E-state index contributed by atoms with van der Waals surface area (Å²) in [6.07, 6.45) is 0.768. The van der Waals surface area contributed by atoms with Crippen LogP contribution in [0.1, 0.15) is 32.3 Å². The van der Waals surface area contributed by atoms with Crippen molar-refractivity contribution in [2.75, 3.05) is 13.1 Å². The van der Waals surface area contributed by atoms with Crippen molar-refractivity contribution >= 4 is 5.91 Å². The molecule has 1 N–H and O–H groups in total. The minimum Gasteiger partial charge on any atom is -0.480 e. The molecule has 1 heterocycles. The first-order valence-electron chi connectivity index (χ1n) is 7.65. The van der Waals surface area contributed by atoms with Crippen LogP contribution in [-0.2, 0) is 4.79 Å². The molecule has 22 heavy (non-hydrogen) atoms. The maximum atomic E-state index is 12.5. The number of hydrogen-bond acceptors (Lipinski definition) is 4. The monoisotopic (exact) mass is 302 g/mol. The Hall–Kier alpha value is -2.06. The first kappa shape index (κ1) is 16.3. The summed E-state index contributed by atoms with van der Waals surface area (Å²) in [6.45, 7) is 4.71. The number of nitriles is 1. The summed E-state index contributed by atoms with van der Waals surface area (Å²) < 4.78 is 5.67. The lowest BCUT2D eigenvalue weighted by Gasteiger charge is -2.35. The minimum atomic E-state index is -0.651. The Kier molecular flexibility index (Phi) is 5.40. The Morgan fingerprint density at radius 2 is 2.18 bits per heavy atom. The number of amides is 1. The fourth-order valence-electron chi connectivity index (χ4n) is 2.76. The fourth-order valence-corrected chi connectivity index (χ4v) is 2.76. The lowest BCUT2D eigenvalue weighted by atomic mass is 9.93. The van der Waals surface area contributed by atoms with E-state index < -0.39 is 12.2 Å². The van der Waals surface area contributed by atoms with Gasteiger partial charge in [-0.3, -0.25) is 4.79 Å². The average Bonchev–Trinajstić information content (AvgIpc) is 2.54. The molecule has 0 radical (unpaired) electrons. The number of hydrogen-bond donors (Lipinski definition) is 1. The van der Waals surface area contributed by atoms with Gasteiger partial charge in [0.15, 0.2) is 6.10 Å². The van der Waals surface area contributed by atoms with Crippen molar-refractivity contribution in [2.24, 2.45) is 5.92 Å². The van der Waals surface area contributed by atoms with E-state index in [-0.39, 0.29) is 11.8 Å². The van der Waals surface area contributed by atoms with E-state index in [4.69, 9.17) is 10.00 Å². The van der Waals surface area contributed by atoms with Gasteiger partial charge >= 0.3 is 0 Å². The molecule has 1 aromatic rings. The van der Waals surface area contributed by atoms with Crippen LogP contribution in [0.15, 0.2) is 24.3 Å². The molecule has 5 nitrogen and oxygen atoms in total. The second-order valence-electron chi connectivity index (χ2n) is 5.80. The molecule has 5 heteroatoms. The van der Waals surface area contributed by atoms with E-state index in [0.717, 1.165) is 12.8 Å². The number of benzene rings is 1. The number of aliphatic hydroxyl groups excluding tert-OH is 1. The average molecular weight is 302 g/mol. The van der Waals surface area contributed by atoms with Crippen LogP contribution in [0.4, 0.5) is 0 Å². The lowest BCUT2D eigenvalue weighted by Crippen LogP contribution is -2.47. The molecule has 0 saturated carbocycles. The number of para-hydroxylation sites is 1. The standard InChI is InChI=1S/C17H22N2O3/c1-12(20)15-7-5-9-19(11-15)17(21)13(2)22-16-8-4-3-6-14(16)10-18/h3-4,6,8,12-13,15,20H,5,7,9,11H2,1-2H3. The first-order valence-corrected chi connectivity index (χ1v) is 7.65. The highest BCUT2D eigenvalue weighted by Crippen LogP contribution is 2.22. The van der Waals surface area contributed by atoms with E-state index in [1.54, 1.807) is 43.0 Å². The lowest BCUT2D eigenvalue weighted by molar-refractivity contribution is -0.140. The van der Waals surface area contributed by atoms with E-state index in [1.165, 1.54) is 0 Å². The number of carbonyl (C=O) groups is 1. The third-order valence-corrected chi connectivity index (χ3v) is 4.11. The van der Waals surface area contributed by atoms with Crippen molar-refractivity contribution in [3.63, 3.8) is 0 Å². The number of likely N-dealkylation sites (tertiary alicyclic amines) is 1. The Bertz CT molecular complexity index is 565. The van der Waals surface area contributed by atoms with Gasteiger partial charge in [0.2, 0.25) is 0 Å². The molecule has 2 rings (SSSR count). The molecule has 1 aliphatic heterocycles. The van der Waals surface area contributed by atoms with Gasteiger partial charge in [-0.25, -0.2) is 0 Å². The third kappa shape index (κ3) is 3.77. The minimum absolute atomic E-state index is 0.0990. The van der Waals surface area contributed by atoms with Crippen molar-refractivity contribution in [2.45, 2.75) is 38.9 Å². The molecule has 1 amide bonds. The van der Waals surface area contributed by atoms with Crippen LogP contribution in [0.3, 0.4) is 0 Å². The van der Waals surface area contributed by atoms with Gasteiger partial charge in [-0.15, -0.1) is 0 Å². The van der Waals surface area contributed by atoms with E-state index in [2.05, 4.69) is 6.07 Å². The van der Waals surface area contributed by atoms with Crippen molar-refractivity contribution in [1.82, 2.24) is 4.90 Å². The summed E-state index contributed by atoms with van der Waals surface area (Å²) in [7, 11) is 0. The molecular formula is C17H22N2O3. The number of piperidine rings is 1. The zero-order valence-corrected chi connectivity index (χ0v) is 13.0. The molecule has 0 aromatic heterocycles. The predicted molar refractivity (Wildman–Crippen MR) is 82.2 cm³/mol. The SMILES string of the molecule is CC(Oc1ccccc1C#N)C(=O)N1CCCC(C(C)O)C1. The number of rotatable bonds is 4. The highest BCUT2D eigenvalue weighted by atomic mass is 16.5. The smallest absolute Gasteiger partial charge is 0.263 e. The largest absolute Gasteiger partial charge is 0.480 e. The Morgan fingerprint density at radius 1 is 1.45 bits per heavy atom. The summed E-state index contributed by atoms with van der Waals surface area (Å²) >= 11 is 0. The molecular weight excluding hydrogens is 280 g/mol. The zero-order chi connectivity index (χ0) is 16.1. The van der Waals surface area contributed by atoms with Gasteiger partial charge in [-0.2, -0.15) is 5.26 Å². The molecule has 3 atom stereocenters. The molecule has 1 saturated heterocycles. The van der Waals surface area contributed by atoms with E-state index >= 15 is 0 Å². The van der Waals surface area contributed by atoms with E-state index in [9.17, 15) is 9.90 Å². The number of carbonyl (C=O) groups excluding carboxylic acids is 1. The predicted octanol–water partition coefficient (Wildman–Crippen LogP) is 1.94. The van der Waals surface area contributed by atoms with E-state index in [1.807, 2.05) is 0 Å². The topological polar surface area (TPSA) is 73.6 Å². The first-order chi connectivity index (χ1) is 10.5. The Balaban J connectivity index is 2.01. The molecule has 0 bridgehead atoms. The van der Waals surface area contributed by atoms with Gasteiger partial charge in [-0.1, -0.05) is 12.1 Å². The summed E-state index contributed by atoms with van der Waals surface area (Å²) in [5.41, 5.74) is 0.419. The normalized spacial score (nSPS) is 20.8. The fraction of sp³-hybridized carbons (Fsp3) is 0.529. The van der Waals surface area contributed by atoms with Crippen LogP contribution in [0, 0.1) is 17.2 Å². The Morgan fingerprint density at radius 3 is 2.86 bits per heavy atom. The van der Waals surface area contributed by atoms with Crippen molar-refractivity contribution in [1.29, 1.82) is 5.26 Å². The number of nitrogens with zero attached hydrogens (tertiary/aromatic N) is 2. The van der Waals surface area contributed by atoms with Gasteiger partial charge in [0.25, 0.3) is 5.91 Å². The number of aliphatic hydroxyl groups is 1. The molecule has 0 aliphatic carbocycles. The summed E-state index contributed by atoms with van der Waals surface area (Å²) in [6, 6.07) is 8.95. The van der Waals surface area contributed by atoms with Crippen molar-refractivity contribution in [3.05, 3.63) is 29.8 Å². The quantitative estimate of drug-likeness (QED) is 0.922. The maximum absolute atomic E-state index is 12.5. The maximum Gasteiger partial charge on any atom is 0.263 e. The molecule has 1 aliphatic rings. The van der Waals surface area contributed by atoms with Gasteiger partial charge in [-0.05, 0) is 38.8 Å². The van der Waals surface area contributed by atoms with Gasteiger partial charge in [0.05, 0.1) is 11.7 Å². The van der Waals surface area contributed by atoms with Crippen molar-refractivity contribution < 1.29 is 14.6 Å². The molecule has 1 fully saturated rings. The van der Waals surface area contributed by atoms with Gasteiger partial charge in [0, 0.05) is 19.0 Å². The van der Waals surface area contributed by atoms with Crippen LogP contribution >= 0.6 is 0 Å². The number of ether oxygens (including phenoxy) is 1. The van der Waals surface area contributed by atoms with E-state index in [0.29, 0.717) is 24.4 Å². The summed E-state index contributed by atoms with van der Waals surface area (Å²) in [4.78, 5) is 14.3. The zero-order valence-electron chi connectivity index (χ0n) is 13.0. The summed E-state index contributed by atoms with van der Waals surface area (Å²) in [5, 5.41) is 18.8. The van der Waals surface area contributed by atoms with Crippen LogP contribution in [0.5, 0.6) is 5.75 Å². The highest BCUT2D eigenvalue weighted by molar-refractivity contribution is 5.81. The Labute approximate surface area is 131 Å². The second kappa shape index (κ2) is 7.28.